The summed E-state index contributed by atoms with van der Waals surface area (Å²) in [5.74, 6) is 0.937. The molecule has 1 amide bonds. The van der Waals surface area contributed by atoms with Crippen molar-refractivity contribution in [2.45, 2.75) is 25.4 Å². The Balaban J connectivity index is 1.53. The van der Waals surface area contributed by atoms with Crippen molar-refractivity contribution < 1.29 is 9.53 Å². The summed E-state index contributed by atoms with van der Waals surface area (Å²) in [5.41, 5.74) is 0.908. The van der Waals surface area contributed by atoms with E-state index in [0.717, 1.165) is 30.8 Å². The quantitative estimate of drug-likeness (QED) is 0.535. The lowest BCUT2D eigenvalue weighted by Crippen LogP contribution is -2.39. The number of hydrogen-bond acceptors (Lipinski definition) is 5. The number of benzene rings is 1. The number of rotatable bonds is 7. The molecule has 6 heteroatoms. The molecule has 1 fully saturated rings. The minimum Gasteiger partial charge on any atom is -0.497 e. The molecule has 0 N–H and O–H groups in total. The van der Waals surface area contributed by atoms with Gasteiger partial charge in [-0.05, 0) is 66.5 Å². The highest BCUT2D eigenvalue weighted by Crippen LogP contribution is 2.34. The molecule has 0 unspecified atom stereocenters. The molecule has 146 valence electrons. The van der Waals surface area contributed by atoms with Gasteiger partial charge in [0.15, 0.2) is 0 Å². The Bertz CT molecular complexity index is 876. The second kappa shape index (κ2) is 8.90. The summed E-state index contributed by atoms with van der Waals surface area (Å²) in [6.07, 6.45) is 2.27. The van der Waals surface area contributed by atoms with Crippen LogP contribution in [0.3, 0.4) is 0 Å². The number of thiophene rings is 2. The van der Waals surface area contributed by atoms with E-state index in [4.69, 9.17) is 4.74 Å². The van der Waals surface area contributed by atoms with E-state index in [-0.39, 0.29) is 5.91 Å². The van der Waals surface area contributed by atoms with E-state index < -0.39 is 0 Å². The first kappa shape index (κ1) is 19.2. The molecular formula is C22H24N2O2S2. The van der Waals surface area contributed by atoms with Crippen molar-refractivity contribution in [1.82, 2.24) is 4.90 Å². The van der Waals surface area contributed by atoms with Gasteiger partial charge in [0.1, 0.15) is 5.75 Å². The van der Waals surface area contributed by atoms with Crippen LogP contribution in [0.25, 0.3) is 0 Å². The van der Waals surface area contributed by atoms with E-state index in [1.165, 1.54) is 9.75 Å². The van der Waals surface area contributed by atoms with Crippen molar-refractivity contribution in [3.05, 3.63) is 69.0 Å². The van der Waals surface area contributed by atoms with Crippen molar-refractivity contribution in [3.63, 3.8) is 0 Å². The maximum absolute atomic E-state index is 13.4. The Morgan fingerprint density at radius 2 is 1.93 bits per heavy atom. The summed E-state index contributed by atoms with van der Waals surface area (Å²) in [6.45, 7) is 2.02. The van der Waals surface area contributed by atoms with Crippen LogP contribution in [0, 0.1) is 0 Å². The maximum Gasteiger partial charge on any atom is 0.241 e. The lowest BCUT2D eigenvalue weighted by atomic mass is 10.2. The average Bonchev–Trinajstić information content (AvgIpc) is 3.48. The Labute approximate surface area is 174 Å². The fourth-order valence-corrected chi connectivity index (χ4v) is 5.31. The van der Waals surface area contributed by atoms with Gasteiger partial charge in [-0.3, -0.25) is 9.69 Å². The van der Waals surface area contributed by atoms with Crippen LogP contribution >= 0.6 is 22.7 Å². The van der Waals surface area contributed by atoms with Crippen LogP contribution in [0.4, 0.5) is 5.69 Å². The van der Waals surface area contributed by atoms with Gasteiger partial charge in [-0.25, -0.2) is 0 Å². The number of methoxy groups -OCH3 is 1. The number of carbonyl (C=O) groups excluding carboxylic acids is 1. The number of anilines is 1. The average molecular weight is 413 g/mol. The van der Waals surface area contributed by atoms with Gasteiger partial charge < -0.3 is 9.64 Å². The third-order valence-corrected chi connectivity index (χ3v) is 6.99. The van der Waals surface area contributed by atoms with Gasteiger partial charge in [0.2, 0.25) is 5.91 Å². The number of ether oxygens (including phenoxy) is 1. The molecule has 0 spiro atoms. The molecule has 0 aliphatic carbocycles. The normalized spacial score (nSPS) is 17.0. The Morgan fingerprint density at radius 3 is 2.61 bits per heavy atom. The van der Waals surface area contributed by atoms with Crippen LogP contribution in [0.1, 0.15) is 28.6 Å². The predicted octanol–water partition coefficient (Wildman–Crippen LogP) is 5.19. The first-order valence-corrected chi connectivity index (χ1v) is 11.2. The summed E-state index contributed by atoms with van der Waals surface area (Å²) in [5, 5.41) is 4.17. The fourth-order valence-electron chi connectivity index (χ4n) is 3.72. The standard InChI is InChI=1S/C22H24N2O2S2/c1-26-18-10-8-17(9-11-18)24(15-19-5-3-13-27-19)22(25)16-23-12-2-6-20(23)21-7-4-14-28-21/h3-5,7-11,13-14,20H,2,6,12,15-16H2,1H3/t20-/m1/s1. The smallest absolute Gasteiger partial charge is 0.241 e. The largest absolute Gasteiger partial charge is 0.497 e. The summed E-state index contributed by atoms with van der Waals surface area (Å²) in [6, 6.07) is 16.5. The lowest BCUT2D eigenvalue weighted by molar-refractivity contribution is -0.120. The molecule has 0 bridgehead atoms. The molecule has 1 aliphatic rings. The molecule has 4 rings (SSSR count). The zero-order valence-electron chi connectivity index (χ0n) is 15.9. The van der Waals surface area contributed by atoms with Crippen LogP contribution in [-0.2, 0) is 11.3 Å². The van der Waals surface area contributed by atoms with Crippen molar-refractivity contribution >= 4 is 34.3 Å². The SMILES string of the molecule is COc1ccc(N(Cc2cccs2)C(=O)CN2CCC[C@@H]2c2cccs2)cc1. The van der Waals surface area contributed by atoms with Crippen LogP contribution < -0.4 is 9.64 Å². The van der Waals surface area contributed by atoms with Gasteiger partial charge >= 0.3 is 0 Å². The van der Waals surface area contributed by atoms with Gasteiger partial charge in [0, 0.05) is 21.5 Å². The van der Waals surface area contributed by atoms with Crippen LogP contribution in [0.5, 0.6) is 5.75 Å². The fraction of sp³-hybridized carbons (Fsp3) is 0.318. The molecule has 1 aliphatic heterocycles. The van der Waals surface area contributed by atoms with E-state index >= 15 is 0 Å². The van der Waals surface area contributed by atoms with Gasteiger partial charge in [-0.2, -0.15) is 0 Å². The van der Waals surface area contributed by atoms with Crippen molar-refractivity contribution in [2.24, 2.45) is 0 Å². The van der Waals surface area contributed by atoms with Crippen molar-refractivity contribution in [3.8, 4) is 5.75 Å². The van der Waals surface area contributed by atoms with Crippen LogP contribution in [0.15, 0.2) is 59.3 Å². The van der Waals surface area contributed by atoms with Gasteiger partial charge in [-0.15, -0.1) is 22.7 Å². The van der Waals surface area contributed by atoms with E-state index in [1.807, 2.05) is 35.2 Å². The molecule has 2 aromatic heterocycles. The Hall–Kier alpha value is -2.15. The maximum atomic E-state index is 13.4. The summed E-state index contributed by atoms with van der Waals surface area (Å²) in [4.78, 5) is 20.1. The molecule has 3 heterocycles. The highest BCUT2D eigenvalue weighted by atomic mass is 32.1. The monoisotopic (exact) mass is 412 g/mol. The molecule has 1 atom stereocenters. The van der Waals surface area contributed by atoms with E-state index in [9.17, 15) is 4.79 Å². The minimum atomic E-state index is 0.141. The molecular weight excluding hydrogens is 388 g/mol. The first-order chi connectivity index (χ1) is 13.7. The molecule has 28 heavy (non-hydrogen) atoms. The first-order valence-electron chi connectivity index (χ1n) is 9.49. The molecule has 1 aromatic carbocycles. The van der Waals surface area contributed by atoms with Crippen LogP contribution in [-0.4, -0.2) is 31.0 Å². The Morgan fingerprint density at radius 1 is 1.14 bits per heavy atom. The molecule has 3 aromatic rings. The topological polar surface area (TPSA) is 32.8 Å². The van der Waals surface area contributed by atoms with Gasteiger partial charge in [-0.1, -0.05) is 12.1 Å². The third kappa shape index (κ3) is 4.29. The minimum absolute atomic E-state index is 0.141. The summed E-state index contributed by atoms with van der Waals surface area (Å²) >= 11 is 3.47. The number of hydrogen-bond donors (Lipinski definition) is 0. The van der Waals surface area contributed by atoms with Gasteiger partial charge in [0.05, 0.1) is 20.2 Å². The summed E-state index contributed by atoms with van der Waals surface area (Å²) in [7, 11) is 1.65. The number of amides is 1. The number of carbonyl (C=O) groups is 1. The van der Waals surface area contributed by atoms with Crippen molar-refractivity contribution in [1.29, 1.82) is 0 Å². The predicted molar refractivity (Wildman–Crippen MR) is 116 cm³/mol. The molecule has 0 radical (unpaired) electrons. The molecule has 0 saturated carbocycles. The second-order valence-corrected chi connectivity index (χ2v) is 8.91. The highest BCUT2D eigenvalue weighted by molar-refractivity contribution is 7.10. The van der Waals surface area contributed by atoms with E-state index in [0.29, 0.717) is 19.1 Å². The van der Waals surface area contributed by atoms with Crippen molar-refractivity contribution in [2.75, 3.05) is 25.1 Å². The highest BCUT2D eigenvalue weighted by Gasteiger charge is 2.30. The second-order valence-electron chi connectivity index (χ2n) is 6.90. The number of likely N-dealkylation sites (tertiary alicyclic amines) is 1. The van der Waals surface area contributed by atoms with Crippen LogP contribution in [0.2, 0.25) is 0 Å². The lowest BCUT2D eigenvalue weighted by Gasteiger charge is -2.28. The van der Waals surface area contributed by atoms with E-state index in [2.05, 4.69) is 33.9 Å². The molecule has 4 nitrogen and oxygen atoms in total. The third-order valence-electron chi connectivity index (χ3n) is 5.15. The number of nitrogens with zero attached hydrogens (tertiary/aromatic N) is 2. The zero-order chi connectivity index (χ0) is 19.3. The van der Waals surface area contributed by atoms with Gasteiger partial charge in [0.25, 0.3) is 0 Å². The molecule has 1 saturated heterocycles. The summed E-state index contributed by atoms with van der Waals surface area (Å²) < 4.78 is 5.27. The Kier molecular flexibility index (Phi) is 6.10. The zero-order valence-corrected chi connectivity index (χ0v) is 17.5. The van der Waals surface area contributed by atoms with E-state index in [1.54, 1.807) is 29.8 Å².